The van der Waals surface area contributed by atoms with Crippen LogP contribution in [0.1, 0.15) is 38.7 Å². The van der Waals surface area contributed by atoms with Crippen molar-refractivity contribution in [1.29, 1.82) is 0 Å². The third-order valence-electron chi connectivity index (χ3n) is 2.77. The molecule has 0 saturated heterocycles. The Labute approximate surface area is 105 Å². The maximum atomic E-state index is 5.65. The van der Waals surface area contributed by atoms with Crippen molar-refractivity contribution < 1.29 is 4.74 Å². The van der Waals surface area contributed by atoms with Gasteiger partial charge in [0.1, 0.15) is 5.75 Å². The lowest BCUT2D eigenvalue weighted by Gasteiger charge is -2.08. The average molecular weight is 230 g/mol. The second-order valence-electron chi connectivity index (χ2n) is 4.47. The van der Waals surface area contributed by atoms with Crippen molar-refractivity contribution in [1.82, 2.24) is 0 Å². The molecule has 0 amide bonds. The molecule has 0 fully saturated rings. The van der Waals surface area contributed by atoms with Gasteiger partial charge in [0.2, 0.25) is 0 Å². The maximum absolute atomic E-state index is 5.65. The summed E-state index contributed by atoms with van der Waals surface area (Å²) in [6, 6.07) is 8.26. The van der Waals surface area contributed by atoms with Crippen LogP contribution < -0.4 is 4.74 Å². The van der Waals surface area contributed by atoms with Gasteiger partial charge < -0.3 is 4.74 Å². The zero-order valence-corrected chi connectivity index (χ0v) is 10.9. The van der Waals surface area contributed by atoms with Crippen LogP contribution in [0.2, 0.25) is 0 Å². The minimum Gasteiger partial charge on any atom is -0.494 e. The fraction of sp³-hybridized carbons (Fsp3) is 0.500. The topological polar surface area (TPSA) is 9.23 Å². The van der Waals surface area contributed by atoms with Crippen LogP contribution in [0.3, 0.4) is 0 Å². The van der Waals surface area contributed by atoms with Crippen LogP contribution in [-0.4, -0.2) is 6.61 Å². The van der Waals surface area contributed by atoms with E-state index in [4.69, 9.17) is 11.2 Å². The number of rotatable bonds is 7. The number of unbranched alkanes of at least 4 members (excludes halogenated alkanes) is 2. The van der Waals surface area contributed by atoms with Gasteiger partial charge >= 0.3 is 0 Å². The highest BCUT2D eigenvalue weighted by Crippen LogP contribution is 2.15. The molecule has 1 heteroatoms. The van der Waals surface area contributed by atoms with Gasteiger partial charge in [0.05, 0.1) is 6.61 Å². The molecule has 0 N–H and O–H groups in total. The number of benzene rings is 1. The van der Waals surface area contributed by atoms with Crippen LogP contribution in [0.15, 0.2) is 24.3 Å². The van der Waals surface area contributed by atoms with Gasteiger partial charge in [-0.3, -0.25) is 0 Å². The molecule has 1 unspecified atom stereocenters. The van der Waals surface area contributed by atoms with Crippen LogP contribution in [-0.2, 0) is 6.42 Å². The van der Waals surface area contributed by atoms with E-state index >= 15 is 0 Å². The third kappa shape index (κ3) is 5.45. The standard InChI is InChI=1S/C16H22O/c1-4-6-7-12-17-16-10-8-15(9-11-16)13-14(3)5-2/h2,8-11,14H,4,6-7,12-13H2,1,3H3. The summed E-state index contributed by atoms with van der Waals surface area (Å²) in [6.07, 6.45) is 9.90. The summed E-state index contributed by atoms with van der Waals surface area (Å²) < 4.78 is 5.65. The van der Waals surface area contributed by atoms with E-state index in [0.717, 1.165) is 25.2 Å². The average Bonchev–Trinajstić information content (AvgIpc) is 2.36. The fourth-order valence-corrected chi connectivity index (χ4v) is 1.68. The number of hydrogen-bond acceptors (Lipinski definition) is 1. The second-order valence-corrected chi connectivity index (χ2v) is 4.47. The molecule has 1 rings (SSSR count). The van der Waals surface area contributed by atoms with Gasteiger partial charge in [0, 0.05) is 5.92 Å². The number of hydrogen-bond donors (Lipinski definition) is 0. The van der Waals surface area contributed by atoms with E-state index in [0.29, 0.717) is 5.92 Å². The molecule has 1 atom stereocenters. The SMILES string of the molecule is C#CC(C)Cc1ccc(OCCCCC)cc1. The molecule has 0 aromatic heterocycles. The molecule has 0 radical (unpaired) electrons. The predicted octanol–water partition coefficient (Wildman–Crippen LogP) is 4.07. The molecule has 0 saturated carbocycles. The third-order valence-corrected chi connectivity index (χ3v) is 2.77. The van der Waals surface area contributed by atoms with E-state index in [1.165, 1.54) is 18.4 Å². The molecule has 0 spiro atoms. The van der Waals surface area contributed by atoms with E-state index in [1.807, 2.05) is 12.1 Å². The molecule has 0 aliphatic carbocycles. The van der Waals surface area contributed by atoms with Crippen molar-refractivity contribution >= 4 is 0 Å². The first kappa shape index (κ1) is 13.6. The summed E-state index contributed by atoms with van der Waals surface area (Å²) in [7, 11) is 0. The van der Waals surface area contributed by atoms with Gasteiger partial charge in [-0.15, -0.1) is 12.3 Å². The molecule has 0 bridgehead atoms. The van der Waals surface area contributed by atoms with E-state index in [-0.39, 0.29) is 0 Å². The number of terminal acetylenes is 1. The van der Waals surface area contributed by atoms with Crippen molar-refractivity contribution in [3.63, 3.8) is 0 Å². The molecule has 0 aliphatic heterocycles. The Hall–Kier alpha value is -1.42. The van der Waals surface area contributed by atoms with Crippen LogP contribution >= 0.6 is 0 Å². The zero-order chi connectivity index (χ0) is 12.5. The monoisotopic (exact) mass is 230 g/mol. The molecule has 0 aliphatic rings. The Bertz CT molecular complexity index is 345. The molecular weight excluding hydrogens is 208 g/mol. The maximum Gasteiger partial charge on any atom is 0.119 e. The highest BCUT2D eigenvalue weighted by Gasteiger charge is 2.00. The van der Waals surface area contributed by atoms with E-state index in [1.54, 1.807) is 0 Å². The minimum absolute atomic E-state index is 0.298. The van der Waals surface area contributed by atoms with Gasteiger partial charge in [-0.1, -0.05) is 38.8 Å². The first-order valence-corrected chi connectivity index (χ1v) is 6.44. The van der Waals surface area contributed by atoms with Crippen molar-refractivity contribution in [3.05, 3.63) is 29.8 Å². The first-order valence-electron chi connectivity index (χ1n) is 6.44. The van der Waals surface area contributed by atoms with Crippen molar-refractivity contribution in [2.24, 2.45) is 5.92 Å². The van der Waals surface area contributed by atoms with Crippen LogP contribution in [0.25, 0.3) is 0 Å². The summed E-state index contributed by atoms with van der Waals surface area (Å²) >= 11 is 0. The number of ether oxygens (including phenoxy) is 1. The van der Waals surface area contributed by atoms with Crippen molar-refractivity contribution in [2.45, 2.75) is 39.5 Å². The van der Waals surface area contributed by atoms with E-state index < -0.39 is 0 Å². The summed E-state index contributed by atoms with van der Waals surface area (Å²) in [4.78, 5) is 0. The fourth-order valence-electron chi connectivity index (χ4n) is 1.68. The normalized spacial score (nSPS) is 11.8. The van der Waals surface area contributed by atoms with E-state index in [9.17, 15) is 0 Å². The highest BCUT2D eigenvalue weighted by molar-refractivity contribution is 5.28. The van der Waals surface area contributed by atoms with E-state index in [2.05, 4.69) is 31.9 Å². The lowest BCUT2D eigenvalue weighted by atomic mass is 10.0. The van der Waals surface area contributed by atoms with Crippen LogP contribution in [0.4, 0.5) is 0 Å². The Morgan fingerprint density at radius 1 is 1.24 bits per heavy atom. The summed E-state index contributed by atoms with van der Waals surface area (Å²) in [5, 5.41) is 0. The zero-order valence-electron chi connectivity index (χ0n) is 10.9. The quantitative estimate of drug-likeness (QED) is 0.507. The minimum atomic E-state index is 0.298. The molecule has 0 heterocycles. The Morgan fingerprint density at radius 2 is 1.94 bits per heavy atom. The predicted molar refractivity (Wildman–Crippen MR) is 73.2 cm³/mol. The van der Waals surface area contributed by atoms with Crippen molar-refractivity contribution in [3.8, 4) is 18.1 Å². The van der Waals surface area contributed by atoms with Gasteiger partial charge in [-0.25, -0.2) is 0 Å². The Morgan fingerprint density at radius 3 is 2.53 bits per heavy atom. The summed E-state index contributed by atoms with van der Waals surface area (Å²) in [6.45, 7) is 5.07. The second kappa shape index (κ2) is 7.79. The van der Waals surface area contributed by atoms with Gasteiger partial charge in [-0.05, 0) is 30.5 Å². The lowest BCUT2D eigenvalue weighted by Crippen LogP contribution is -1.98. The first-order chi connectivity index (χ1) is 8.26. The summed E-state index contributed by atoms with van der Waals surface area (Å²) in [5.41, 5.74) is 1.27. The van der Waals surface area contributed by atoms with Gasteiger partial charge in [0.25, 0.3) is 0 Å². The van der Waals surface area contributed by atoms with Gasteiger partial charge in [-0.2, -0.15) is 0 Å². The molecule has 17 heavy (non-hydrogen) atoms. The molecule has 92 valence electrons. The van der Waals surface area contributed by atoms with Crippen LogP contribution in [0, 0.1) is 18.3 Å². The molecule has 1 aromatic rings. The Kier molecular flexibility index (Phi) is 6.25. The summed E-state index contributed by atoms with van der Waals surface area (Å²) in [5.74, 6) is 4.00. The van der Waals surface area contributed by atoms with Gasteiger partial charge in [0.15, 0.2) is 0 Å². The van der Waals surface area contributed by atoms with Crippen LogP contribution in [0.5, 0.6) is 5.75 Å². The Balaban J connectivity index is 2.37. The smallest absolute Gasteiger partial charge is 0.119 e. The molecule has 1 nitrogen and oxygen atoms in total. The lowest BCUT2D eigenvalue weighted by molar-refractivity contribution is 0.306. The largest absolute Gasteiger partial charge is 0.494 e. The molecular formula is C16H22O. The van der Waals surface area contributed by atoms with Crippen molar-refractivity contribution in [2.75, 3.05) is 6.61 Å². The molecule has 1 aromatic carbocycles. The highest BCUT2D eigenvalue weighted by atomic mass is 16.5.